The van der Waals surface area contributed by atoms with Gasteiger partial charge in [0.2, 0.25) is 5.69 Å². The topological polar surface area (TPSA) is 98.6 Å². The highest BCUT2D eigenvalue weighted by atomic mass is 79.9. The normalized spacial score (nSPS) is 13.1. The molecule has 0 aliphatic carbocycles. The minimum Gasteiger partial charge on any atom is -0.258 e. The molecule has 0 atom stereocenters. The summed E-state index contributed by atoms with van der Waals surface area (Å²) >= 11 is 6.82. The van der Waals surface area contributed by atoms with Crippen LogP contribution < -0.4 is 0 Å². The first kappa shape index (κ1) is 19.2. The molecule has 14 heteroatoms. The Balaban J connectivity index is 3.81. The molecule has 0 fully saturated rings. The molecule has 0 aliphatic rings. The molecule has 0 unspecified atom stereocenters. The number of hydrogen-bond donors (Lipinski definition) is 0. The third kappa shape index (κ3) is 4.54. The summed E-state index contributed by atoms with van der Waals surface area (Å²) in [7, 11) is 0. The van der Waals surface area contributed by atoms with Crippen LogP contribution in [0.2, 0.25) is 0 Å². The fourth-order valence-electron chi connectivity index (χ4n) is 1.32. The highest BCUT2D eigenvalue weighted by Crippen LogP contribution is 2.43. The zero-order valence-electron chi connectivity index (χ0n) is 10.3. The molecular formula is C9H2BrClF5N3O4. The highest BCUT2D eigenvalue weighted by Gasteiger charge is 2.39. The molecule has 0 radical (unpaired) electrons. The monoisotopic (exact) mass is 425 g/mol. The Bertz CT molecular complexity index is 668. The van der Waals surface area contributed by atoms with Crippen molar-refractivity contribution in [3.05, 3.63) is 37.9 Å². The van der Waals surface area contributed by atoms with Gasteiger partial charge in [-0.25, -0.2) is 4.99 Å². The third-order valence-electron chi connectivity index (χ3n) is 2.23. The summed E-state index contributed by atoms with van der Waals surface area (Å²) in [4.78, 5) is 17.6. The molecule has 0 aliphatic heterocycles. The SMILES string of the molecule is O=[N+]([O-])c1cc(C(F)(F)F)cc([N+](=O)[O-])c1N=C(Cl)C(F)(F)Br. The van der Waals surface area contributed by atoms with Crippen molar-refractivity contribution in [3.8, 4) is 0 Å². The van der Waals surface area contributed by atoms with Gasteiger partial charge in [-0.15, -0.1) is 0 Å². The van der Waals surface area contributed by atoms with Gasteiger partial charge in [0.15, 0.2) is 5.17 Å². The molecule has 0 heterocycles. The van der Waals surface area contributed by atoms with Crippen molar-refractivity contribution in [2.24, 2.45) is 4.99 Å². The van der Waals surface area contributed by atoms with E-state index in [0.29, 0.717) is 0 Å². The van der Waals surface area contributed by atoms with E-state index in [0.717, 1.165) is 0 Å². The van der Waals surface area contributed by atoms with Crippen molar-refractivity contribution in [3.63, 3.8) is 0 Å². The average molecular weight is 426 g/mol. The van der Waals surface area contributed by atoms with E-state index in [9.17, 15) is 42.2 Å². The largest absolute Gasteiger partial charge is 0.416 e. The Hall–Kier alpha value is -1.89. The van der Waals surface area contributed by atoms with Gasteiger partial charge in [0, 0.05) is 12.1 Å². The van der Waals surface area contributed by atoms with Gasteiger partial charge in [0.25, 0.3) is 0 Å². The number of benzene rings is 1. The first-order valence-electron chi connectivity index (χ1n) is 5.10. The van der Waals surface area contributed by atoms with Crippen LogP contribution in [0.5, 0.6) is 0 Å². The highest BCUT2D eigenvalue weighted by molar-refractivity contribution is 9.10. The predicted molar refractivity (Wildman–Crippen MR) is 71.6 cm³/mol. The van der Waals surface area contributed by atoms with Gasteiger partial charge in [-0.2, -0.15) is 22.0 Å². The summed E-state index contributed by atoms with van der Waals surface area (Å²) in [5.74, 6) is 0. The van der Waals surface area contributed by atoms with Crippen LogP contribution in [-0.4, -0.2) is 19.8 Å². The van der Waals surface area contributed by atoms with Crippen LogP contribution in [0.1, 0.15) is 5.56 Å². The number of halogens is 7. The minimum absolute atomic E-state index is 0.0671. The molecule has 0 bridgehead atoms. The predicted octanol–water partition coefficient (Wildman–Crippen LogP) is 4.78. The third-order valence-corrected chi connectivity index (χ3v) is 3.16. The summed E-state index contributed by atoms with van der Waals surface area (Å²) < 4.78 is 63.6. The molecule has 1 aromatic carbocycles. The van der Waals surface area contributed by atoms with Crippen LogP contribution in [0.25, 0.3) is 0 Å². The number of nitro groups is 2. The second-order valence-electron chi connectivity index (χ2n) is 3.78. The molecule has 0 N–H and O–H groups in total. The number of nitrogens with zero attached hydrogens (tertiary/aromatic N) is 3. The van der Waals surface area contributed by atoms with E-state index >= 15 is 0 Å². The average Bonchev–Trinajstić information content (AvgIpc) is 2.35. The zero-order valence-corrected chi connectivity index (χ0v) is 12.6. The van der Waals surface area contributed by atoms with Crippen LogP contribution in [-0.2, 0) is 6.18 Å². The van der Waals surface area contributed by atoms with Crippen LogP contribution in [0.4, 0.5) is 39.0 Å². The van der Waals surface area contributed by atoms with Gasteiger partial charge >= 0.3 is 22.4 Å². The van der Waals surface area contributed by atoms with E-state index in [-0.39, 0.29) is 12.1 Å². The van der Waals surface area contributed by atoms with Crippen molar-refractivity contribution < 1.29 is 31.8 Å². The van der Waals surface area contributed by atoms with E-state index in [2.05, 4.69) is 4.99 Å². The molecule has 1 aromatic rings. The molecular weight excluding hydrogens is 424 g/mol. The van der Waals surface area contributed by atoms with Gasteiger partial charge < -0.3 is 0 Å². The van der Waals surface area contributed by atoms with Crippen LogP contribution in [0.3, 0.4) is 0 Å². The molecule has 23 heavy (non-hydrogen) atoms. The summed E-state index contributed by atoms with van der Waals surface area (Å²) in [6.45, 7) is 0. The number of rotatable bonds is 4. The Morgan fingerprint density at radius 3 is 1.74 bits per heavy atom. The molecule has 0 saturated heterocycles. The lowest BCUT2D eigenvalue weighted by Gasteiger charge is -2.09. The van der Waals surface area contributed by atoms with E-state index in [4.69, 9.17) is 11.6 Å². The summed E-state index contributed by atoms with van der Waals surface area (Å²) in [6.07, 6.45) is -5.14. The van der Waals surface area contributed by atoms with E-state index in [1.807, 2.05) is 0 Å². The van der Waals surface area contributed by atoms with E-state index < -0.39 is 48.7 Å². The second-order valence-corrected chi connectivity index (χ2v) is 5.13. The summed E-state index contributed by atoms with van der Waals surface area (Å²) in [6, 6.07) is -0.134. The maximum absolute atomic E-state index is 12.9. The minimum atomic E-state index is -5.14. The van der Waals surface area contributed by atoms with Crippen LogP contribution in [0, 0.1) is 20.2 Å². The molecule has 126 valence electrons. The van der Waals surface area contributed by atoms with Crippen molar-refractivity contribution in [2.75, 3.05) is 0 Å². The van der Waals surface area contributed by atoms with Gasteiger partial charge in [-0.1, -0.05) is 11.6 Å². The number of nitro benzene ring substituents is 2. The van der Waals surface area contributed by atoms with Gasteiger partial charge in [-0.05, 0) is 15.9 Å². The maximum atomic E-state index is 12.9. The van der Waals surface area contributed by atoms with Gasteiger partial charge in [-0.3, -0.25) is 20.2 Å². The molecule has 0 saturated carbocycles. The number of hydrogen-bond acceptors (Lipinski definition) is 5. The van der Waals surface area contributed by atoms with Crippen molar-refractivity contribution in [2.45, 2.75) is 11.0 Å². The Labute approximate surface area is 136 Å². The molecule has 0 aromatic heterocycles. The van der Waals surface area contributed by atoms with Crippen molar-refractivity contribution >= 4 is 49.8 Å². The van der Waals surface area contributed by atoms with Gasteiger partial charge in [0.1, 0.15) is 0 Å². The molecule has 1 rings (SSSR count). The quantitative estimate of drug-likeness (QED) is 0.227. The zero-order chi connectivity index (χ0) is 18.2. The first-order valence-corrected chi connectivity index (χ1v) is 6.27. The summed E-state index contributed by atoms with van der Waals surface area (Å²) in [5.41, 5.74) is -6.04. The maximum Gasteiger partial charge on any atom is 0.416 e. The van der Waals surface area contributed by atoms with Crippen molar-refractivity contribution in [1.82, 2.24) is 0 Å². The first-order chi connectivity index (χ1) is 10.2. The second kappa shape index (κ2) is 6.31. The lowest BCUT2D eigenvalue weighted by Crippen LogP contribution is -2.14. The lowest BCUT2D eigenvalue weighted by molar-refractivity contribution is -0.392. The van der Waals surface area contributed by atoms with Crippen LogP contribution >= 0.6 is 27.5 Å². The Morgan fingerprint density at radius 2 is 1.48 bits per heavy atom. The Morgan fingerprint density at radius 1 is 1.09 bits per heavy atom. The number of aliphatic imine (C=N–C) groups is 1. The van der Waals surface area contributed by atoms with Crippen molar-refractivity contribution in [1.29, 1.82) is 0 Å². The molecule has 0 spiro atoms. The van der Waals surface area contributed by atoms with Crippen LogP contribution in [0.15, 0.2) is 17.1 Å². The smallest absolute Gasteiger partial charge is 0.258 e. The van der Waals surface area contributed by atoms with Gasteiger partial charge in [0.05, 0.1) is 15.4 Å². The van der Waals surface area contributed by atoms with E-state index in [1.165, 1.54) is 0 Å². The fraction of sp³-hybridized carbons (Fsp3) is 0.222. The standard InChI is InChI=1S/C9H2BrClF5N3O4/c10-8(12,13)7(11)17-6-4(18(20)21)1-3(9(14,15)16)2-5(6)19(22)23/h1-2H. The fourth-order valence-corrected chi connectivity index (χ4v) is 1.50. The number of alkyl halides is 6. The molecule has 7 nitrogen and oxygen atoms in total. The molecule has 0 amide bonds. The Kier molecular flexibility index (Phi) is 5.26. The lowest BCUT2D eigenvalue weighted by atomic mass is 10.1. The van der Waals surface area contributed by atoms with E-state index in [1.54, 1.807) is 15.9 Å². The summed E-state index contributed by atoms with van der Waals surface area (Å²) in [5, 5.41) is 20.0.